The first kappa shape index (κ1) is 11.5. The van der Waals surface area contributed by atoms with Crippen molar-refractivity contribution in [3.63, 3.8) is 0 Å². The van der Waals surface area contributed by atoms with Crippen LogP contribution in [0.25, 0.3) is 0 Å². The molecule has 0 bridgehead atoms. The number of esters is 1. The molecule has 0 saturated carbocycles. The lowest BCUT2D eigenvalue weighted by atomic mass is 10.1. The van der Waals surface area contributed by atoms with Crippen LogP contribution in [0.4, 0.5) is 5.00 Å². The van der Waals surface area contributed by atoms with Gasteiger partial charge in [-0.1, -0.05) is 0 Å². The summed E-state index contributed by atoms with van der Waals surface area (Å²) in [6, 6.07) is 2.02. The van der Waals surface area contributed by atoms with Crippen LogP contribution in [-0.2, 0) is 16.0 Å². The minimum Gasteiger partial charge on any atom is -0.466 e. The summed E-state index contributed by atoms with van der Waals surface area (Å²) >= 11 is 1.27. The molecular formula is C10H12N2O2S. The van der Waals surface area contributed by atoms with E-state index in [1.807, 2.05) is 6.07 Å². The Hall–Kier alpha value is -1.54. The number of nitriles is 1. The summed E-state index contributed by atoms with van der Waals surface area (Å²) in [5, 5.41) is 9.28. The predicted octanol–water partition coefficient (Wildman–Crippen LogP) is 1.62. The highest BCUT2D eigenvalue weighted by atomic mass is 32.1. The average Bonchev–Trinajstić information content (AvgIpc) is 2.42. The van der Waals surface area contributed by atoms with Crippen LogP contribution in [0.2, 0.25) is 0 Å². The molecule has 0 amide bonds. The van der Waals surface area contributed by atoms with E-state index in [-0.39, 0.29) is 12.4 Å². The molecule has 80 valence electrons. The highest BCUT2D eigenvalue weighted by molar-refractivity contribution is 7.16. The van der Waals surface area contributed by atoms with E-state index < -0.39 is 0 Å². The lowest BCUT2D eigenvalue weighted by molar-refractivity contribution is -0.142. The number of hydrogen-bond acceptors (Lipinski definition) is 5. The van der Waals surface area contributed by atoms with Crippen molar-refractivity contribution in [3.05, 3.63) is 16.0 Å². The lowest BCUT2D eigenvalue weighted by Crippen LogP contribution is -2.07. The van der Waals surface area contributed by atoms with E-state index in [1.165, 1.54) is 11.3 Å². The van der Waals surface area contributed by atoms with Crippen molar-refractivity contribution in [1.29, 1.82) is 5.26 Å². The van der Waals surface area contributed by atoms with Gasteiger partial charge in [-0.15, -0.1) is 11.3 Å². The fourth-order valence-electron chi connectivity index (χ4n) is 1.24. The molecule has 0 atom stereocenters. The zero-order chi connectivity index (χ0) is 11.4. The molecule has 0 spiro atoms. The van der Waals surface area contributed by atoms with Gasteiger partial charge in [-0.3, -0.25) is 4.79 Å². The number of anilines is 1. The number of nitrogens with two attached hydrogens (primary N) is 1. The van der Waals surface area contributed by atoms with E-state index >= 15 is 0 Å². The molecule has 0 saturated heterocycles. The number of carbonyl (C=O) groups excluding carboxylic acids is 1. The van der Waals surface area contributed by atoms with Gasteiger partial charge in [-0.05, 0) is 19.4 Å². The minimum atomic E-state index is -0.286. The van der Waals surface area contributed by atoms with Gasteiger partial charge in [0.2, 0.25) is 0 Å². The Morgan fingerprint density at radius 2 is 2.33 bits per heavy atom. The molecule has 0 unspecified atom stereocenters. The standard InChI is InChI=1S/C10H12N2O2S/c1-3-14-9(13)4-8-6(2)7(5-11)10(12)15-8/h3-4,12H2,1-2H3. The summed E-state index contributed by atoms with van der Waals surface area (Å²) in [7, 11) is 0. The molecule has 1 aromatic heterocycles. The Bertz CT molecular complexity index is 418. The summed E-state index contributed by atoms with van der Waals surface area (Å²) < 4.78 is 4.83. The van der Waals surface area contributed by atoms with Crippen LogP contribution < -0.4 is 5.73 Å². The molecule has 1 rings (SSSR count). The lowest BCUT2D eigenvalue weighted by Gasteiger charge is -2.00. The maximum Gasteiger partial charge on any atom is 0.311 e. The molecule has 0 aliphatic rings. The predicted molar refractivity (Wildman–Crippen MR) is 58.5 cm³/mol. The molecule has 0 aliphatic carbocycles. The third-order valence-electron chi connectivity index (χ3n) is 1.99. The second-order valence-corrected chi connectivity index (χ2v) is 4.12. The van der Waals surface area contributed by atoms with Gasteiger partial charge in [0, 0.05) is 4.88 Å². The zero-order valence-corrected chi connectivity index (χ0v) is 9.48. The van der Waals surface area contributed by atoms with Crippen molar-refractivity contribution in [2.45, 2.75) is 20.3 Å². The van der Waals surface area contributed by atoms with Crippen LogP contribution in [0.3, 0.4) is 0 Å². The molecule has 0 aliphatic heterocycles. The molecule has 4 nitrogen and oxygen atoms in total. The van der Waals surface area contributed by atoms with Gasteiger partial charge >= 0.3 is 5.97 Å². The fourth-order valence-corrected chi connectivity index (χ4v) is 2.25. The molecule has 0 aromatic carbocycles. The smallest absolute Gasteiger partial charge is 0.311 e. The molecule has 1 heterocycles. The van der Waals surface area contributed by atoms with E-state index in [9.17, 15) is 4.79 Å². The van der Waals surface area contributed by atoms with E-state index in [0.29, 0.717) is 17.2 Å². The third kappa shape index (κ3) is 2.48. The fraction of sp³-hybridized carbons (Fsp3) is 0.400. The van der Waals surface area contributed by atoms with E-state index in [2.05, 4.69) is 0 Å². The summed E-state index contributed by atoms with van der Waals surface area (Å²) in [6.07, 6.45) is 0.191. The van der Waals surface area contributed by atoms with Gasteiger partial charge in [-0.25, -0.2) is 0 Å². The van der Waals surface area contributed by atoms with Crippen LogP contribution in [0, 0.1) is 18.3 Å². The number of ether oxygens (including phenoxy) is 1. The monoisotopic (exact) mass is 224 g/mol. The van der Waals surface area contributed by atoms with Crippen LogP contribution in [-0.4, -0.2) is 12.6 Å². The van der Waals surface area contributed by atoms with E-state index in [4.69, 9.17) is 15.7 Å². The van der Waals surface area contributed by atoms with Crippen LogP contribution in [0.1, 0.15) is 22.9 Å². The highest BCUT2D eigenvalue weighted by Crippen LogP contribution is 2.30. The van der Waals surface area contributed by atoms with Crippen LogP contribution in [0.5, 0.6) is 0 Å². The number of thiophene rings is 1. The maximum atomic E-state index is 11.2. The van der Waals surface area contributed by atoms with Gasteiger partial charge in [-0.2, -0.15) is 5.26 Å². The summed E-state index contributed by atoms with van der Waals surface area (Å²) in [5.41, 5.74) is 6.90. The number of nitrogen functional groups attached to an aromatic ring is 1. The van der Waals surface area contributed by atoms with Crippen molar-refractivity contribution in [3.8, 4) is 6.07 Å². The van der Waals surface area contributed by atoms with E-state index in [1.54, 1.807) is 13.8 Å². The second-order valence-electron chi connectivity index (χ2n) is 2.98. The Labute approximate surface area is 92.3 Å². The summed E-state index contributed by atoms with van der Waals surface area (Å²) in [6.45, 7) is 3.91. The molecule has 0 fully saturated rings. The van der Waals surface area contributed by atoms with Crippen molar-refractivity contribution in [1.82, 2.24) is 0 Å². The topological polar surface area (TPSA) is 76.1 Å². The SMILES string of the molecule is CCOC(=O)Cc1sc(N)c(C#N)c1C. The first-order valence-electron chi connectivity index (χ1n) is 4.53. The zero-order valence-electron chi connectivity index (χ0n) is 8.66. The molecule has 5 heteroatoms. The van der Waals surface area contributed by atoms with E-state index in [0.717, 1.165) is 10.4 Å². The van der Waals surface area contributed by atoms with Gasteiger partial charge in [0.15, 0.2) is 0 Å². The summed E-state index contributed by atoms with van der Waals surface area (Å²) in [4.78, 5) is 12.0. The Morgan fingerprint density at radius 1 is 1.67 bits per heavy atom. The van der Waals surface area contributed by atoms with Crippen LogP contribution in [0.15, 0.2) is 0 Å². The average molecular weight is 224 g/mol. The van der Waals surface area contributed by atoms with Crippen molar-refractivity contribution in [2.75, 3.05) is 12.3 Å². The molecule has 15 heavy (non-hydrogen) atoms. The quantitative estimate of drug-likeness (QED) is 0.791. The highest BCUT2D eigenvalue weighted by Gasteiger charge is 2.15. The van der Waals surface area contributed by atoms with Crippen molar-refractivity contribution < 1.29 is 9.53 Å². The van der Waals surface area contributed by atoms with Crippen molar-refractivity contribution in [2.24, 2.45) is 0 Å². The minimum absolute atomic E-state index is 0.191. The maximum absolute atomic E-state index is 11.2. The first-order valence-corrected chi connectivity index (χ1v) is 5.35. The van der Waals surface area contributed by atoms with Gasteiger partial charge in [0.1, 0.15) is 11.1 Å². The van der Waals surface area contributed by atoms with Gasteiger partial charge in [0.05, 0.1) is 18.6 Å². The third-order valence-corrected chi connectivity index (χ3v) is 3.12. The molecule has 1 aromatic rings. The number of hydrogen-bond donors (Lipinski definition) is 1. The summed E-state index contributed by atoms with van der Waals surface area (Å²) in [5.74, 6) is -0.286. The number of carbonyl (C=O) groups is 1. The van der Waals surface area contributed by atoms with Gasteiger partial charge < -0.3 is 10.5 Å². The Morgan fingerprint density at radius 3 is 2.80 bits per heavy atom. The first-order chi connectivity index (χ1) is 7.10. The number of rotatable bonds is 3. The Kier molecular flexibility index (Phi) is 3.69. The van der Waals surface area contributed by atoms with Crippen molar-refractivity contribution >= 4 is 22.3 Å². The largest absolute Gasteiger partial charge is 0.466 e. The number of nitrogens with zero attached hydrogens (tertiary/aromatic N) is 1. The molecule has 0 radical (unpaired) electrons. The molecule has 2 N–H and O–H groups in total. The molecular weight excluding hydrogens is 212 g/mol. The van der Waals surface area contributed by atoms with Gasteiger partial charge in [0.25, 0.3) is 0 Å². The normalized spacial score (nSPS) is 9.67. The second kappa shape index (κ2) is 4.80. The Balaban J connectivity index is 2.88. The van der Waals surface area contributed by atoms with Crippen LogP contribution >= 0.6 is 11.3 Å².